The Morgan fingerprint density at radius 1 is 1.27 bits per heavy atom. The zero-order chi connectivity index (χ0) is 21.8. The number of ether oxygens (including phenoxy) is 3. The van der Waals surface area contributed by atoms with Crippen LogP contribution in [0.25, 0.3) is 0 Å². The number of fused-ring (bicyclic) bond motifs is 1. The summed E-state index contributed by atoms with van der Waals surface area (Å²) in [6.07, 6.45) is 1.54. The van der Waals surface area contributed by atoms with Crippen molar-refractivity contribution in [3.8, 4) is 5.75 Å². The monoisotopic (exact) mass is 432 g/mol. The van der Waals surface area contributed by atoms with Crippen LogP contribution in [0, 0.1) is 0 Å². The lowest BCUT2D eigenvalue weighted by atomic mass is 9.83. The molecular formula is C22H25ClN2O5. The van der Waals surface area contributed by atoms with Gasteiger partial charge in [0.1, 0.15) is 11.3 Å². The smallest absolute Gasteiger partial charge is 0.340 e. The van der Waals surface area contributed by atoms with Crippen LogP contribution in [0.5, 0.6) is 5.75 Å². The number of hydrogen-bond acceptors (Lipinski definition) is 6. The van der Waals surface area contributed by atoms with Crippen LogP contribution in [0.4, 0.5) is 0 Å². The molecule has 8 heteroatoms. The molecule has 2 heterocycles. The van der Waals surface area contributed by atoms with Crippen LogP contribution in [0.3, 0.4) is 0 Å². The van der Waals surface area contributed by atoms with Gasteiger partial charge in [-0.05, 0) is 24.1 Å². The Hall–Kier alpha value is -2.77. The van der Waals surface area contributed by atoms with E-state index in [1.807, 2.05) is 13.0 Å². The van der Waals surface area contributed by atoms with Crippen LogP contribution in [-0.2, 0) is 27.2 Å². The van der Waals surface area contributed by atoms with E-state index in [1.165, 1.54) is 7.11 Å². The number of hydrogen-bond donors (Lipinski definition) is 1. The van der Waals surface area contributed by atoms with Gasteiger partial charge in [0.25, 0.3) is 5.56 Å². The van der Waals surface area contributed by atoms with Crippen molar-refractivity contribution in [3.05, 3.63) is 74.0 Å². The third-order valence-electron chi connectivity index (χ3n) is 5.08. The summed E-state index contributed by atoms with van der Waals surface area (Å²) < 4.78 is 17.6. The Morgan fingerprint density at radius 2 is 1.97 bits per heavy atom. The normalized spacial score (nSPS) is 15.5. The van der Waals surface area contributed by atoms with E-state index in [-0.39, 0.29) is 17.0 Å². The number of carbonyl (C=O) groups excluding carboxylic acids is 1. The van der Waals surface area contributed by atoms with Crippen molar-refractivity contribution in [3.63, 3.8) is 0 Å². The highest BCUT2D eigenvalue weighted by atomic mass is 35.5. The molecule has 30 heavy (non-hydrogen) atoms. The van der Waals surface area contributed by atoms with Gasteiger partial charge in [-0.2, -0.15) is 0 Å². The first-order chi connectivity index (χ1) is 14.4. The van der Waals surface area contributed by atoms with Crippen molar-refractivity contribution >= 4 is 17.6 Å². The molecule has 2 N–H and O–H groups in total. The number of aromatic nitrogens is 1. The Bertz CT molecular complexity index is 1030. The van der Waals surface area contributed by atoms with E-state index < -0.39 is 11.9 Å². The highest BCUT2D eigenvalue weighted by Gasteiger charge is 2.38. The third-order valence-corrected chi connectivity index (χ3v) is 5.33. The van der Waals surface area contributed by atoms with Crippen molar-refractivity contribution in [2.75, 3.05) is 20.8 Å². The lowest BCUT2D eigenvalue weighted by Gasteiger charge is -2.29. The molecule has 1 aromatic carbocycles. The summed E-state index contributed by atoms with van der Waals surface area (Å²) in [5.41, 5.74) is 7.81. The summed E-state index contributed by atoms with van der Waals surface area (Å²) in [7, 11) is 2.85. The van der Waals surface area contributed by atoms with E-state index in [9.17, 15) is 9.59 Å². The summed E-state index contributed by atoms with van der Waals surface area (Å²) in [5, 5.41) is 0.540. The molecule has 1 aliphatic rings. The minimum Gasteiger partial charge on any atom is -0.465 e. The second-order valence-electron chi connectivity index (χ2n) is 6.97. The van der Waals surface area contributed by atoms with E-state index in [0.29, 0.717) is 41.5 Å². The number of esters is 1. The van der Waals surface area contributed by atoms with Crippen LogP contribution in [0.15, 0.2) is 46.6 Å². The molecule has 1 aromatic heterocycles. The van der Waals surface area contributed by atoms with Gasteiger partial charge in [0.2, 0.25) is 5.88 Å². The fourth-order valence-corrected chi connectivity index (χ4v) is 3.83. The van der Waals surface area contributed by atoms with Crippen molar-refractivity contribution in [2.24, 2.45) is 5.73 Å². The highest BCUT2D eigenvalue weighted by molar-refractivity contribution is 6.30. The van der Waals surface area contributed by atoms with E-state index in [0.717, 1.165) is 12.1 Å². The van der Waals surface area contributed by atoms with Crippen LogP contribution in [0.2, 0.25) is 5.02 Å². The summed E-state index contributed by atoms with van der Waals surface area (Å²) in [6, 6.07) is 8.74. The minimum absolute atomic E-state index is 0.0780. The molecule has 1 atom stereocenters. The molecule has 0 amide bonds. The maximum Gasteiger partial charge on any atom is 0.340 e. The minimum atomic E-state index is -0.740. The van der Waals surface area contributed by atoms with E-state index in [4.69, 9.17) is 31.5 Å². The first kappa shape index (κ1) is 21.9. The number of pyridine rings is 1. The number of benzene rings is 1. The van der Waals surface area contributed by atoms with E-state index in [1.54, 1.807) is 35.9 Å². The van der Waals surface area contributed by atoms with Gasteiger partial charge in [0, 0.05) is 30.4 Å². The molecule has 3 rings (SSSR count). The SMILES string of the molecule is CCCc1cc2c(c(=O)n1CCOC)C(c1ccc(Cl)cc1)C(C(=O)OC)=C(N)O2. The molecule has 0 radical (unpaired) electrons. The molecule has 0 fully saturated rings. The Morgan fingerprint density at radius 3 is 2.57 bits per heavy atom. The molecule has 160 valence electrons. The summed E-state index contributed by atoms with van der Waals surface area (Å²) in [5.74, 6) is -1.12. The van der Waals surface area contributed by atoms with Crippen molar-refractivity contribution in [1.29, 1.82) is 0 Å². The Labute approximate surface area is 180 Å². The highest BCUT2D eigenvalue weighted by Crippen LogP contribution is 2.41. The zero-order valence-corrected chi connectivity index (χ0v) is 18.0. The molecule has 0 aliphatic carbocycles. The third kappa shape index (κ3) is 4.08. The first-order valence-corrected chi connectivity index (χ1v) is 10.1. The van der Waals surface area contributed by atoms with Crippen molar-refractivity contribution in [1.82, 2.24) is 4.57 Å². The number of carbonyl (C=O) groups is 1. The molecule has 7 nitrogen and oxygen atoms in total. The van der Waals surface area contributed by atoms with Crippen LogP contribution < -0.4 is 16.0 Å². The number of aryl methyl sites for hydroxylation is 1. The topological polar surface area (TPSA) is 92.8 Å². The molecule has 0 saturated heterocycles. The molecular weight excluding hydrogens is 408 g/mol. The fraction of sp³-hybridized carbons (Fsp3) is 0.364. The number of rotatable bonds is 7. The van der Waals surface area contributed by atoms with Gasteiger partial charge in [0.05, 0.1) is 25.2 Å². The maximum atomic E-state index is 13.6. The average Bonchev–Trinajstić information content (AvgIpc) is 2.73. The van der Waals surface area contributed by atoms with E-state index in [2.05, 4.69) is 0 Å². The lowest BCUT2D eigenvalue weighted by Crippen LogP contribution is -2.36. The largest absolute Gasteiger partial charge is 0.465 e. The first-order valence-electron chi connectivity index (χ1n) is 9.69. The van der Waals surface area contributed by atoms with Gasteiger partial charge >= 0.3 is 5.97 Å². The molecule has 0 saturated carbocycles. The van der Waals surface area contributed by atoms with Gasteiger partial charge in [-0.15, -0.1) is 0 Å². The molecule has 0 spiro atoms. The van der Waals surface area contributed by atoms with Gasteiger partial charge in [-0.3, -0.25) is 4.79 Å². The molecule has 2 aromatic rings. The maximum absolute atomic E-state index is 13.6. The number of methoxy groups -OCH3 is 2. The quantitative estimate of drug-likeness (QED) is 0.676. The lowest BCUT2D eigenvalue weighted by molar-refractivity contribution is -0.136. The van der Waals surface area contributed by atoms with Gasteiger partial charge in [-0.25, -0.2) is 4.79 Å². The van der Waals surface area contributed by atoms with Gasteiger partial charge in [-0.1, -0.05) is 37.1 Å². The summed E-state index contributed by atoms with van der Waals surface area (Å²) in [4.78, 5) is 26.2. The van der Waals surface area contributed by atoms with Crippen LogP contribution in [-0.4, -0.2) is 31.4 Å². The standard InChI is InChI=1S/C22H25ClN2O5/c1-4-5-15-12-16-18(21(26)25(15)10-11-28-2)17(13-6-8-14(23)9-7-13)19(20(24)30-16)22(27)29-3/h6-9,12,17H,4-5,10-11,24H2,1-3H3. The van der Waals surface area contributed by atoms with Gasteiger partial charge < -0.3 is 24.5 Å². The summed E-state index contributed by atoms with van der Waals surface area (Å²) >= 11 is 6.04. The zero-order valence-electron chi connectivity index (χ0n) is 17.2. The van der Waals surface area contributed by atoms with Crippen molar-refractivity contribution in [2.45, 2.75) is 32.2 Å². The fourth-order valence-electron chi connectivity index (χ4n) is 3.71. The summed E-state index contributed by atoms with van der Waals surface area (Å²) in [6.45, 7) is 2.80. The predicted molar refractivity (Wildman–Crippen MR) is 114 cm³/mol. The molecule has 0 bridgehead atoms. The van der Waals surface area contributed by atoms with Crippen molar-refractivity contribution < 1.29 is 19.0 Å². The van der Waals surface area contributed by atoms with Crippen LogP contribution >= 0.6 is 11.6 Å². The Kier molecular flexibility index (Phi) is 6.84. The predicted octanol–water partition coefficient (Wildman–Crippen LogP) is 2.97. The van der Waals surface area contributed by atoms with Gasteiger partial charge in [0.15, 0.2) is 0 Å². The second kappa shape index (κ2) is 9.36. The average molecular weight is 433 g/mol. The van der Waals surface area contributed by atoms with Crippen LogP contribution in [0.1, 0.15) is 36.1 Å². The second-order valence-corrected chi connectivity index (χ2v) is 7.41. The van der Waals surface area contributed by atoms with E-state index >= 15 is 0 Å². The number of nitrogens with two attached hydrogens (primary N) is 1. The number of halogens is 1. The molecule has 1 unspecified atom stereocenters. The number of nitrogens with zero attached hydrogens (tertiary/aromatic N) is 1. The molecule has 1 aliphatic heterocycles. The Balaban J connectivity index is 2.29.